The van der Waals surface area contributed by atoms with E-state index < -0.39 is 10.8 Å². The fourth-order valence-corrected chi connectivity index (χ4v) is 3.45. The van der Waals surface area contributed by atoms with Gasteiger partial charge >= 0.3 is 0 Å². The largest absolute Gasteiger partial charge is 0.495 e. The number of nitro benzene ring substituents is 1. The average Bonchev–Trinajstić information content (AvgIpc) is 3.30. The van der Waals surface area contributed by atoms with Crippen molar-refractivity contribution in [2.45, 2.75) is 0 Å². The number of nitrogens with one attached hydrogen (secondary N) is 1. The van der Waals surface area contributed by atoms with E-state index in [1.165, 1.54) is 43.0 Å². The molecule has 0 aliphatic carbocycles. The fraction of sp³-hybridized carbons (Fsp3) is 0.0588. The van der Waals surface area contributed by atoms with E-state index in [1.807, 2.05) is 0 Å². The molecule has 4 rings (SSSR count). The van der Waals surface area contributed by atoms with Crippen molar-refractivity contribution >= 4 is 33.6 Å². The Morgan fingerprint density at radius 1 is 1.29 bits per heavy atom. The summed E-state index contributed by atoms with van der Waals surface area (Å²) in [6.07, 6.45) is 1.50. The number of aromatic nitrogens is 4. The van der Waals surface area contributed by atoms with Crippen molar-refractivity contribution in [3.63, 3.8) is 0 Å². The van der Waals surface area contributed by atoms with Crippen LogP contribution in [0.25, 0.3) is 15.5 Å². The van der Waals surface area contributed by atoms with Gasteiger partial charge in [-0.3, -0.25) is 14.9 Å². The Morgan fingerprint density at radius 3 is 2.86 bits per heavy atom. The molecule has 1 N–H and O–H groups in total. The van der Waals surface area contributed by atoms with Gasteiger partial charge in [0.2, 0.25) is 4.96 Å². The van der Waals surface area contributed by atoms with Crippen LogP contribution in [0.15, 0.2) is 48.8 Å². The Morgan fingerprint density at radius 2 is 2.11 bits per heavy atom. The smallest absolute Gasteiger partial charge is 0.282 e. The van der Waals surface area contributed by atoms with Crippen LogP contribution in [0.3, 0.4) is 0 Å². The van der Waals surface area contributed by atoms with E-state index in [4.69, 9.17) is 4.74 Å². The Hall–Kier alpha value is -3.86. The minimum absolute atomic E-state index is 0.0428. The van der Waals surface area contributed by atoms with Crippen molar-refractivity contribution in [3.05, 3.63) is 64.5 Å². The van der Waals surface area contributed by atoms with Crippen LogP contribution in [0.4, 0.5) is 11.4 Å². The maximum absolute atomic E-state index is 12.6. The van der Waals surface area contributed by atoms with Crippen LogP contribution in [0.5, 0.6) is 5.75 Å². The van der Waals surface area contributed by atoms with Gasteiger partial charge in [0.25, 0.3) is 11.6 Å². The molecule has 28 heavy (non-hydrogen) atoms. The second-order valence-electron chi connectivity index (χ2n) is 5.61. The van der Waals surface area contributed by atoms with Crippen LogP contribution in [-0.4, -0.2) is 37.8 Å². The summed E-state index contributed by atoms with van der Waals surface area (Å²) in [5, 5.41) is 26.6. The molecule has 0 unspecified atom stereocenters. The summed E-state index contributed by atoms with van der Waals surface area (Å²) in [5.41, 5.74) is 0.783. The number of amides is 1. The Bertz CT molecular complexity index is 1170. The number of anilines is 1. The zero-order chi connectivity index (χ0) is 19.7. The van der Waals surface area contributed by atoms with E-state index in [0.717, 1.165) is 5.56 Å². The molecule has 10 nitrogen and oxygen atoms in total. The molecule has 0 spiro atoms. The number of benzene rings is 2. The lowest BCUT2D eigenvalue weighted by Gasteiger charge is -2.11. The normalized spacial score (nSPS) is 10.8. The van der Waals surface area contributed by atoms with Crippen LogP contribution in [0, 0.1) is 10.1 Å². The molecule has 2 heterocycles. The third kappa shape index (κ3) is 3.14. The van der Waals surface area contributed by atoms with Gasteiger partial charge in [0.15, 0.2) is 0 Å². The Balaban J connectivity index is 1.70. The molecule has 0 saturated carbocycles. The molecular formula is C17H12N6O4S. The summed E-state index contributed by atoms with van der Waals surface area (Å²) in [4.78, 5) is 23.9. The third-order valence-electron chi connectivity index (χ3n) is 3.93. The highest BCUT2D eigenvalue weighted by atomic mass is 32.1. The van der Waals surface area contributed by atoms with Crippen LogP contribution in [-0.2, 0) is 0 Å². The second kappa shape index (κ2) is 7.04. The third-order valence-corrected chi connectivity index (χ3v) is 4.89. The molecule has 0 radical (unpaired) electrons. The number of fused-ring (bicyclic) bond motifs is 1. The van der Waals surface area contributed by atoms with Crippen molar-refractivity contribution in [1.29, 1.82) is 0 Å². The number of ether oxygens (including phenoxy) is 1. The van der Waals surface area contributed by atoms with E-state index in [9.17, 15) is 14.9 Å². The van der Waals surface area contributed by atoms with Crippen molar-refractivity contribution in [2.24, 2.45) is 0 Å². The first-order chi connectivity index (χ1) is 13.6. The maximum atomic E-state index is 12.6. The lowest BCUT2D eigenvalue weighted by Crippen LogP contribution is -2.14. The van der Waals surface area contributed by atoms with Crippen LogP contribution in [0.1, 0.15) is 10.4 Å². The molecule has 1 amide bonds. The molecule has 2 aromatic carbocycles. The maximum Gasteiger partial charge on any atom is 0.282 e. The number of nitrogens with zero attached hydrogens (tertiary/aromatic N) is 5. The quantitative estimate of drug-likeness (QED) is 0.406. The summed E-state index contributed by atoms with van der Waals surface area (Å²) in [6, 6.07) is 10.9. The minimum Gasteiger partial charge on any atom is -0.495 e. The molecule has 0 aliphatic rings. The molecule has 0 aliphatic heterocycles. The molecular weight excluding hydrogens is 384 g/mol. The first-order valence-electron chi connectivity index (χ1n) is 7.97. The van der Waals surface area contributed by atoms with Crippen LogP contribution >= 0.6 is 11.3 Å². The minimum atomic E-state index is -0.610. The topological polar surface area (TPSA) is 125 Å². The highest BCUT2D eigenvalue weighted by Gasteiger charge is 2.21. The first kappa shape index (κ1) is 17.5. The Labute approximate surface area is 161 Å². The monoisotopic (exact) mass is 396 g/mol. The standard InChI is InChI=1S/C17H12N6O4S/c1-27-14-7-6-10(16-21-22-9-18-20-17(22)28-16)8-12(14)19-15(24)11-4-2-3-5-13(11)23(25)26/h2-9H,1H3,(H,19,24). The van der Waals surface area contributed by atoms with E-state index in [0.29, 0.717) is 21.4 Å². The highest BCUT2D eigenvalue weighted by Crippen LogP contribution is 2.33. The van der Waals surface area contributed by atoms with Gasteiger partial charge in [0, 0.05) is 11.6 Å². The van der Waals surface area contributed by atoms with Crippen molar-refractivity contribution in [2.75, 3.05) is 12.4 Å². The molecule has 0 fully saturated rings. The molecule has 0 saturated heterocycles. The van der Waals surface area contributed by atoms with Crippen molar-refractivity contribution in [3.8, 4) is 16.3 Å². The van der Waals surface area contributed by atoms with Gasteiger partial charge < -0.3 is 10.1 Å². The number of nitro groups is 1. The molecule has 140 valence electrons. The summed E-state index contributed by atoms with van der Waals surface area (Å²) < 4.78 is 6.85. The molecule has 11 heteroatoms. The number of rotatable bonds is 5. The van der Waals surface area contributed by atoms with Crippen LogP contribution in [0.2, 0.25) is 0 Å². The van der Waals surface area contributed by atoms with Gasteiger partial charge in [-0.2, -0.15) is 9.61 Å². The fourth-order valence-electron chi connectivity index (χ4n) is 2.63. The summed E-state index contributed by atoms with van der Waals surface area (Å²) >= 11 is 1.34. The highest BCUT2D eigenvalue weighted by molar-refractivity contribution is 7.19. The van der Waals surface area contributed by atoms with Gasteiger partial charge in [-0.15, -0.1) is 10.2 Å². The Kier molecular flexibility index (Phi) is 4.41. The van der Waals surface area contributed by atoms with E-state index in [1.54, 1.807) is 28.8 Å². The number of para-hydroxylation sites is 1. The predicted octanol–water partition coefficient (Wildman–Crippen LogP) is 3.02. The lowest BCUT2D eigenvalue weighted by atomic mass is 10.1. The summed E-state index contributed by atoms with van der Waals surface area (Å²) in [5.74, 6) is -0.195. The van der Waals surface area contributed by atoms with E-state index in [-0.39, 0.29) is 11.3 Å². The summed E-state index contributed by atoms with van der Waals surface area (Å²) in [7, 11) is 1.47. The number of methoxy groups -OCH3 is 1. The SMILES string of the molecule is COc1ccc(-c2nn3cnnc3s2)cc1NC(=O)c1ccccc1[N+](=O)[O-]. The zero-order valence-corrected chi connectivity index (χ0v) is 15.2. The molecule has 0 bridgehead atoms. The van der Waals surface area contributed by atoms with Crippen molar-refractivity contribution in [1.82, 2.24) is 19.8 Å². The molecule has 4 aromatic rings. The van der Waals surface area contributed by atoms with Gasteiger partial charge in [-0.1, -0.05) is 23.5 Å². The zero-order valence-electron chi connectivity index (χ0n) is 14.4. The van der Waals surface area contributed by atoms with Crippen molar-refractivity contribution < 1.29 is 14.5 Å². The average molecular weight is 396 g/mol. The predicted molar refractivity (Wildman–Crippen MR) is 102 cm³/mol. The summed E-state index contributed by atoms with van der Waals surface area (Å²) in [6.45, 7) is 0. The van der Waals surface area contributed by atoms with E-state index >= 15 is 0 Å². The lowest BCUT2D eigenvalue weighted by molar-refractivity contribution is -0.385. The van der Waals surface area contributed by atoms with Gasteiger partial charge in [-0.25, -0.2) is 0 Å². The van der Waals surface area contributed by atoms with Crippen LogP contribution < -0.4 is 10.1 Å². The number of carbonyl (C=O) groups is 1. The number of carbonyl (C=O) groups excluding carboxylic acids is 1. The van der Waals surface area contributed by atoms with Gasteiger partial charge in [0.1, 0.15) is 22.6 Å². The number of hydrogen-bond donors (Lipinski definition) is 1. The second-order valence-corrected chi connectivity index (χ2v) is 6.56. The van der Waals surface area contributed by atoms with Gasteiger partial charge in [0.05, 0.1) is 17.7 Å². The van der Waals surface area contributed by atoms with Gasteiger partial charge in [-0.05, 0) is 24.3 Å². The van der Waals surface area contributed by atoms with E-state index in [2.05, 4.69) is 20.6 Å². The molecule has 0 atom stereocenters. The first-order valence-corrected chi connectivity index (χ1v) is 8.78. The number of hydrogen-bond acceptors (Lipinski definition) is 8. The molecule has 2 aromatic heterocycles.